The van der Waals surface area contributed by atoms with Gasteiger partial charge in [-0.3, -0.25) is 5.43 Å². The van der Waals surface area contributed by atoms with Crippen molar-refractivity contribution >= 4 is 34.3 Å². The maximum atomic E-state index is 6.33. The smallest absolute Gasteiger partial charge is 0.203 e. The van der Waals surface area contributed by atoms with E-state index < -0.39 is 0 Å². The predicted octanol–water partition coefficient (Wildman–Crippen LogP) is 5.72. The lowest BCUT2D eigenvalue weighted by atomic mass is 10.2. The SMILES string of the molecule is CCOc1cc(/C=N\Nc2nc(-c3ccc(OC)cc3)cs2)cc(Cl)c1OCC. The number of ether oxygens (including phenoxy) is 3. The molecule has 0 saturated carbocycles. The number of halogens is 1. The Labute approximate surface area is 179 Å². The van der Waals surface area contributed by atoms with Gasteiger partial charge < -0.3 is 14.2 Å². The zero-order valence-electron chi connectivity index (χ0n) is 16.4. The summed E-state index contributed by atoms with van der Waals surface area (Å²) in [5, 5.41) is 7.41. The highest BCUT2D eigenvalue weighted by atomic mass is 35.5. The number of methoxy groups -OCH3 is 1. The van der Waals surface area contributed by atoms with Gasteiger partial charge in [-0.25, -0.2) is 4.98 Å². The van der Waals surface area contributed by atoms with Gasteiger partial charge in [0.15, 0.2) is 11.5 Å². The van der Waals surface area contributed by atoms with Crippen molar-refractivity contribution in [2.75, 3.05) is 25.7 Å². The quantitative estimate of drug-likeness (QED) is 0.347. The van der Waals surface area contributed by atoms with Crippen molar-refractivity contribution in [3.05, 3.63) is 52.4 Å². The summed E-state index contributed by atoms with van der Waals surface area (Å²) in [5.41, 5.74) is 5.63. The maximum absolute atomic E-state index is 6.33. The first kappa shape index (κ1) is 21.0. The van der Waals surface area contributed by atoms with Crippen LogP contribution in [0.5, 0.6) is 17.2 Å². The number of thiazole rings is 1. The van der Waals surface area contributed by atoms with Gasteiger partial charge in [-0.1, -0.05) is 11.6 Å². The molecule has 0 atom stereocenters. The Morgan fingerprint density at radius 1 is 1.14 bits per heavy atom. The summed E-state index contributed by atoms with van der Waals surface area (Å²) in [4.78, 5) is 4.55. The first-order valence-corrected chi connectivity index (χ1v) is 10.4. The van der Waals surface area contributed by atoms with Gasteiger partial charge in [0, 0.05) is 10.9 Å². The molecule has 0 saturated heterocycles. The normalized spacial score (nSPS) is 10.9. The van der Waals surface area contributed by atoms with Crippen LogP contribution in [0.2, 0.25) is 5.02 Å². The Morgan fingerprint density at radius 2 is 1.90 bits per heavy atom. The molecule has 1 heterocycles. The number of hydrazone groups is 1. The van der Waals surface area contributed by atoms with Gasteiger partial charge in [0.1, 0.15) is 5.75 Å². The standard InChI is InChI=1S/C21H22ClN3O3S/c1-4-27-19-11-14(10-17(22)20(19)28-5-2)12-23-25-21-24-18(13-29-21)15-6-8-16(26-3)9-7-15/h6-13H,4-5H2,1-3H3,(H,24,25)/b23-12-. The van der Waals surface area contributed by atoms with E-state index in [1.807, 2.05) is 49.6 Å². The highest BCUT2D eigenvalue weighted by Crippen LogP contribution is 2.36. The number of hydrogen-bond acceptors (Lipinski definition) is 7. The fraction of sp³-hybridized carbons (Fsp3) is 0.238. The van der Waals surface area contributed by atoms with E-state index in [9.17, 15) is 0 Å². The van der Waals surface area contributed by atoms with Crippen LogP contribution in [-0.2, 0) is 0 Å². The molecule has 3 aromatic rings. The minimum atomic E-state index is 0.482. The third kappa shape index (κ3) is 5.40. The summed E-state index contributed by atoms with van der Waals surface area (Å²) >= 11 is 7.81. The highest BCUT2D eigenvalue weighted by Gasteiger charge is 2.11. The molecular formula is C21H22ClN3O3S. The zero-order chi connectivity index (χ0) is 20.6. The number of hydrogen-bond donors (Lipinski definition) is 1. The van der Waals surface area contributed by atoms with E-state index in [1.54, 1.807) is 19.4 Å². The number of anilines is 1. The van der Waals surface area contributed by atoms with Crippen molar-refractivity contribution in [1.29, 1.82) is 0 Å². The molecule has 152 valence electrons. The molecule has 0 radical (unpaired) electrons. The van der Waals surface area contributed by atoms with Gasteiger partial charge in [0.25, 0.3) is 0 Å². The second-order valence-electron chi connectivity index (χ2n) is 5.83. The van der Waals surface area contributed by atoms with Crippen molar-refractivity contribution in [1.82, 2.24) is 4.98 Å². The monoisotopic (exact) mass is 431 g/mol. The summed E-state index contributed by atoms with van der Waals surface area (Å²) in [5.74, 6) is 1.96. The third-order valence-electron chi connectivity index (χ3n) is 3.88. The molecule has 0 aliphatic heterocycles. The molecule has 0 aliphatic rings. The van der Waals surface area contributed by atoms with E-state index in [0.717, 1.165) is 22.6 Å². The van der Waals surface area contributed by atoms with Gasteiger partial charge in [-0.15, -0.1) is 11.3 Å². The van der Waals surface area contributed by atoms with Crippen LogP contribution in [0.25, 0.3) is 11.3 Å². The van der Waals surface area contributed by atoms with E-state index >= 15 is 0 Å². The summed E-state index contributed by atoms with van der Waals surface area (Å²) < 4.78 is 16.4. The molecule has 3 rings (SSSR count). The lowest BCUT2D eigenvalue weighted by Crippen LogP contribution is -2.00. The van der Waals surface area contributed by atoms with Crippen LogP contribution in [0.3, 0.4) is 0 Å². The molecule has 0 fully saturated rings. The molecule has 0 bridgehead atoms. The molecule has 6 nitrogen and oxygen atoms in total. The van der Waals surface area contributed by atoms with Crippen LogP contribution in [0.4, 0.5) is 5.13 Å². The maximum Gasteiger partial charge on any atom is 0.203 e. The van der Waals surface area contributed by atoms with Gasteiger partial charge in [-0.05, 0) is 55.8 Å². The van der Waals surface area contributed by atoms with Gasteiger partial charge >= 0.3 is 0 Å². The van der Waals surface area contributed by atoms with Crippen LogP contribution < -0.4 is 19.6 Å². The van der Waals surface area contributed by atoms with Crippen molar-refractivity contribution < 1.29 is 14.2 Å². The molecule has 8 heteroatoms. The molecular weight excluding hydrogens is 410 g/mol. The summed E-state index contributed by atoms with van der Waals surface area (Å²) in [6.45, 7) is 4.84. The molecule has 1 aromatic heterocycles. The van der Waals surface area contributed by atoms with E-state index in [-0.39, 0.29) is 0 Å². The molecule has 1 N–H and O–H groups in total. The third-order valence-corrected chi connectivity index (χ3v) is 4.91. The van der Waals surface area contributed by atoms with E-state index in [2.05, 4.69) is 15.5 Å². The number of nitrogens with one attached hydrogen (secondary N) is 1. The van der Waals surface area contributed by atoms with Gasteiger partial charge in [0.05, 0.1) is 37.3 Å². The highest BCUT2D eigenvalue weighted by molar-refractivity contribution is 7.14. The first-order chi connectivity index (χ1) is 14.1. The predicted molar refractivity (Wildman–Crippen MR) is 119 cm³/mol. The molecule has 2 aromatic carbocycles. The Balaban J connectivity index is 1.70. The fourth-order valence-electron chi connectivity index (χ4n) is 2.59. The lowest BCUT2D eigenvalue weighted by molar-refractivity contribution is 0.288. The van der Waals surface area contributed by atoms with Crippen LogP contribution in [0.1, 0.15) is 19.4 Å². The largest absolute Gasteiger partial charge is 0.497 e. The zero-order valence-corrected chi connectivity index (χ0v) is 18.0. The number of benzene rings is 2. The number of aromatic nitrogens is 1. The Bertz CT molecular complexity index is 974. The molecule has 0 unspecified atom stereocenters. The van der Waals surface area contributed by atoms with Crippen LogP contribution in [-0.4, -0.2) is 31.5 Å². The van der Waals surface area contributed by atoms with Gasteiger partial charge in [0.2, 0.25) is 5.13 Å². The van der Waals surface area contributed by atoms with Crippen molar-refractivity contribution in [2.24, 2.45) is 5.10 Å². The minimum absolute atomic E-state index is 0.482. The van der Waals surface area contributed by atoms with E-state index in [1.165, 1.54) is 11.3 Å². The van der Waals surface area contributed by atoms with Crippen molar-refractivity contribution in [2.45, 2.75) is 13.8 Å². The number of rotatable bonds is 9. The average Bonchev–Trinajstić information content (AvgIpc) is 3.20. The Hall–Kier alpha value is -2.77. The van der Waals surface area contributed by atoms with Crippen molar-refractivity contribution in [3.8, 4) is 28.5 Å². The molecule has 0 aliphatic carbocycles. The second-order valence-corrected chi connectivity index (χ2v) is 7.10. The minimum Gasteiger partial charge on any atom is -0.497 e. The van der Waals surface area contributed by atoms with Crippen LogP contribution in [0, 0.1) is 0 Å². The molecule has 0 spiro atoms. The first-order valence-electron chi connectivity index (χ1n) is 9.12. The van der Waals surface area contributed by atoms with Crippen LogP contribution in [0.15, 0.2) is 46.9 Å². The topological polar surface area (TPSA) is 65.0 Å². The molecule has 0 amide bonds. The van der Waals surface area contributed by atoms with E-state index in [0.29, 0.717) is 34.9 Å². The summed E-state index contributed by atoms with van der Waals surface area (Å²) in [6.07, 6.45) is 1.67. The second kappa shape index (κ2) is 10.1. The van der Waals surface area contributed by atoms with Gasteiger partial charge in [-0.2, -0.15) is 5.10 Å². The Kier molecular flexibility index (Phi) is 7.32. The van der Waals surface area contributed by atoms with Crippen molar-refractivity contribution in [3.63, 3.8) is 0 Å². The number of nitrogens with zero attached hydrogens (tertiary/aromatic N) is 2. The van der Waals surface area contributed by atoms with E-state index in [4.69, 9.17) is 25.8 Å². The summed E-state index contributed by atoms with van der Waals surface area (Å²) in [6, 6.07) is 11.4. The lowest BCUT2D eigenvalue weighted by Gasteiger charge is -2.13. The Morgan fingerprint density at radius 3 is 2.59 bits per heavy atom. The molecule has 29 heavy (non-hydrogen) atoms. The summed E-state index contributed by atoms with van der Waals surface area (Å²) in [7, 11) is 1.65. The average molecular weight is 432 g/mol. The fourth-order valence-corrected chi connectivity index (χ4v) is 3.53. The van der Waals surface area contributed by atoms with Crippen LogP contribution >= 0.6 is 22.9 Å².